The van der Waals surface area contributed by atoms with Crippen LogP contribution in [0.3, 0.4) is 0 Å². The Hall–Kier alpha value is -2.31. The van der Waals surface area contributed by atoms with Gasteiger partial charge in [-0.1, -0.05) is 47.6 Å². The highest BCUT2D eigenvalue weighted by Gasteiger charge is 2.11. The van der Waals surface area contributed by atoms with E-state index in [1.807, 2.05) is 31.2 Å². The van der Waals surface area contributed by atoms with Crippen molar-refractivity contribution in [3.63, 3.8) is 0 Å². The van der Waals surface area contributed by atoms with Gasteiger partial charge in [0.1, 0.15) is 0 Å². The minimum Gasteiger partial charge on any atom is -0.411 e. The van der Waals surface area contributed by atoms with Crippen molar-refractivity contribution in [3.05, 3.63) is 59.1 Å². The second-order valence-electron chi connectivity index (χ2n) is 5.35. The number of hydrogen-bond acceptors (Lipinski definition) is 5. The Kier molecular flexibility index (Phi) is 5.73. The van der Waals surface area contributed by atoms with Gasteiger partial charge in [-0.25, -0.2) is 0 Å². The van der Waals surface area contributed by atoms with Crippen LogP contribution in [-0.2, 0) is 4.79 Å². The van der Waals surface area contributed by atoms with E-state index in [9.17, 15) is 4.79 Å². The Morgan fingerprint density at radius 2 is 2.04 bits per heavy atom. The molecule has 0 radical (unpaired) electrons. The highest BCUT2D eigenvalue weighted by molar-refractivity contribution is 7.99. The number of hydrogen-bond donors (Lipinski definition) is 1. The molecule has 0 atom stereocenters. The van der Waals surface area contributed by atoms with Gasteiger partial charge in [0, 0.05) is 28.4 Å². The van der Waals surface area contributed by atoms with Crippen molar-refractivity contribution in [3.8, 4) is 11.5 Å². The number of nitrogens with one attached hydrogen (secondary N) is 1. The predicted octanol–water partition coefficient (Wildman–Crippen LogP) is 4.82. The van der Waals surface area contributed by atoms with Gasteiger partial charge < -0.3 is 9.73 Å². The molecule has 2 aromatic carbocycles. The summed E-state index contributed by atoms with van der Waals surface area (Å²) in [7, 11) is 0. The van der Waals surface area contributed by atoms with E-state index in [4.69, 9.17) is 16.0 Å². The fourth-order valence-corrected chi connectivity index (χ4v) is 3.10. The zero-order valence-electron chi connectivity index (χ0n) is 13.5. The highest BCUT2D eigenvalue weighted by atomic mass is 35.5. The molecule has 0 saturated carbocycles. The van der Waals surface area contributed by atoms with Crippen molar-refractivity contribution >= 4 is 35.0 Å². The third-order valence-electron chi connectivity index (χ3n) is 3.44. The summed E-state index contributed by atoms with van der Waals surface area (Å²) < 4.78 is 5.66. The van der Waals surface area contributed by atoms with Crippen molar-refractivity contribution in [2.75, 3.05) is 11.1 Å². The van der Waals surface area contributed by atoms with Crippen LogP contribution < -0.4 is 5.32 Å². The molecule has 0 unspecified atom stereocenters. The highest BCUT2D eigenvalue weighted by Crippen LogP contribution is 2.25. The minimum atomic E-state index is -0.0894. The first-order chi connectivity index (χ1) is 12.1. The van der Waals surface area contributed by atoms with Crippen molar-refractivity contribution in [1.82, 2.24) is 10.2 Å². The van der Waals surface area contributed by atoms with Gasteiger partial charge in [0.05, 0.1) is 0 Å². The lowest BCUT2D eigenvalue weighted by Crippen LogP contribution is -2.12. The summed E-state index contributed by atoms with van der Waals surface area (Å²) in [6.07, 6.45) is 0.333. The van der Waals surface area contributed by atoms with Crippen LogP contribution in [0.1, 0.15) is 12.0 Å². The van der Waals surface area contributed by atoms with Crippen LogP contribution in [0.4, 0.5) is 5.69 Å². The summed E-state index contributed by atoms with van der Waals surface area (Å²) in [5.41, 5.74) is 2.67. The molecule has 7 heteroatoms. The topological polar surface area (TPSA) is 68.0 Å². The SMILES string of the molecule is Cc1ccccc1-c1nnc(SCCC(=O)Nc2cccc(Cl)c2)o1. The van der Waals surface area contributed by atoms with Gasteiger partial charge in [-0.15, -0.1) is 10.2 Å². The summed E-state index contributed by atoms with van der Waals surface area (Å²) >= 11 is 7.25. The molecule has 0 aliphatic carbocycles. The number of nitrogens with zero attached hydrogens (tertiary/aromatic N) is 2. The van der Waals surface area contributed by atoms with E-state index in [0.717, 1.165) is 11.1 Å². The first-order valence-electron chi connectivity index (χ1n) is 7.69. The normalized spacial score (nSPS) is 10.6. The maximum absolute atomic E-state index is 12.0. The summed E-state index contributed by atoms with van der Waals surface area (Å²) in [5, 5.41) is 11.9. The van der Waals surface area contributed by atoms with E-state index >= 15 is 0 Å². The second-order valence-corrected chi connectivity index (χ2v) is 6.83. The van der Waals surface area contributed by atoms with Gasteiger partial charge in [0.15, 0.2) is 0 Å². The summed E-state index contributed by atoms with van der Waals surface area (Å²) in [5.74, 6) is 0.944. The van der Waals surface area contributed by atoms with Crippen LogP contribution in [0.15, 0.2) is 58.2 Å². The van der Waals surface area contributed by atoms with Crippen molar-refractivity contribution in [1.29, 1.82) is 0 Å². The molecule has 0 spiro atoms. The quantitative estimate of drug-likeness (QED) is 0.627. The number of amides is 1. The molecule has 0 aliphatic rings. The number of aromatic nitrogens is 2. The molecule has 0 fully saturated rings. The Balaban J connectivity index is 1.51. The van der Waals surface area contributed by atoms with Gasteiger partial charge in [-0.3, -0.25) is 4.79 Å². The fraction of sp³-hybridized carbons (Fsp3) is 0.167. The molecule has 1 aromatic heterocycles. The number of benzene rings is 2. The maximum Gasteiger partial charge on any atom is 0.276 e. The summed E-state index contributed by atoms with van der Waals surface area (Å²) in [6.45, 7) is 1.99. The van der Waals surface area contributed by atoms with E-state index in [-0.39, 0.29) is 5.91 Å². The molecule has 1 N–H and O–H groups in total. The average molecular weight is 374 g/mol. The van der Waals surface area contributed by atoms with Crippen LogP contribution in [0.25, 0.3) is 11.5 Å². The smallest absolute Gasteiger partial charge is 0.276 e. The number of halogens is 1. The number of rotatable bonds is 6. The Morgan fingerprint density at radius 3 is 2.84 bits per heavy atom. The summed E-state index contributed by atoms with van der Waals surface area (Å²) in [6, 6.07) is 14.9. The van der Waals surface area contributed by atoms with Crippen molar-refractivity contribution < 1.29 is 9.21 Å². The number of carbonyl (C=O) groups excluding carboxylic acids is 1. The van der Waals surface area contributed by atoms with Crippen LogP contribution in [-0.4, -0.2) is 21.9 Å². The zero-order chi connectivity index (χ0) is 17.6. The van der Waals surface area contributed by atoms with Crippen molar-refractivity contribution in [2.24, 2.45) is 0 Å². The Morgan fingerprint density at radius 1 is 1.20 bits per heavy atom. The number of thioether (sulfide) groups is 1. The molecule has 1 amide bonds. The molecule has 5 nitrogen and oxygen atoms in total. The first kappa shape index (κ1) is 17.5. The van der Waals surface area contributed by atoms with Gasteiger partial charge in [-0.05, 0) is 36.8 Å². The monoisotopic (exact) mass is 373 g/mol. The minimum absolute atomic E-state index is 0.0894. The number of aryl methyl sites for hydroxylation is 1. The lowest BCUT2D eigenvalue weighted by Gasteiger charge is -2.04. The maximum atomic E-state index is 12.0. The second kappa shape index (κ2) is 8.18. The molecule has 3 rings (SSSR count). The third kappa shape index (κ3) is 4.84. The number of carbonyl (C=O) groups is 1. The van der Waals surface area contributed by atoms with E-state index in [1.165, 1.54) is 11.8 Å². The van der Waals surface area contributed by atoms with Crippen LogP contribution in [0, 0.1) is 6.92 Å². The summed E-state index contributed by atoms with van der Waals surface area (Å²) in [4.78, 5) is 12.0. The van der Waals surface area contributed by atoms with Gasteiger partial charge in [0.2, 0.25) is 11.8 Å². The average Bonchev–Trinajstić information content (AvgIpc) is 3.04. The molecule has 0 aliphatic heterocycles. The van der Waals surface area contributed by atoms with Crippen LogP contribution >= 0.6 is 23.4 Å². The molecule has 3 aromatic rings. The molecule has 128 valence electrons. The van der Waals surface area contributed by atoms with E-state index in [2.05, 4.69) is 15.5 Å². The molecule has 0 saturated heterocycles. The predicted molar refractivity (Wildman–Crippen MR) is 99.9 cm³/mol. The molecular weight excluding hydrogens is 358 g/mol. The molecule has 1 heterocycles. The Bertz CT molecular complexity index is 882. The lowest BCUT2D eigenvalue weighted by molar-refractivity contribution is -0.115. The van der Waals surface area contributed by atoms with E-state index < -0.39 is 0 Å². The fourth-order valence-electron chi connectivity index (χ4n) is 2.21. The largest absolute Gasteiger partial charge is 0.411 e. The van der Waals surface area contributed by atoms with Gasteiger partial charge in [0.25, 0.3) is 5.22 Å². The molecular formula is C18H16ClN3O2S. The van der Waals surface area contributed by atoms with Gasteiger partial charge >= 0.3 is 0 Å². The van der Waals surface area contributed by atoms with E-state index in [0.29, 0.717) is 34.0 Å². The van der Waals surface area contributed by atoms with E-state index in [1.54, 1.807) is 24.3 Å². The van der Waals surface area contributed by atoms with Gasteiger partial charge in [-0.2, -0.15) is 0 Å². The standard InChI is InChI=1S/C18H16ClN3O2S/c1-12-5-2-3-8-15(12)17-21-22-18(24-17)25-10-9-16(23)20-14-7-4-6-13(19)11-14/h2-8,11H,9-10H2,1H3,(H,20,23). The third-order valence-corrected chi connectivity index (χ3v) is 4.50. The molecule has 25 heavy (non-hydrogen) atoms. The Labute approximate surface area is 154 Å². The van der Waals surface area contributed by atoms with Crippen LogP contribution in [0.2, 0.25) is 5.02 Å². The molecule has 0 bridgehead atoms. The lowest BCUT2D eigenvalue weighted by atomic mass is 10.1. The zero-order valence-corrected chi connectivity index (χ0v) is 15.1. The van der Waals surface area contributed by atoms with Crippen molar-refractivity contribution in [2.45, 2.75) is 18.6 Å². The van der Waals surface area contributed by atoms with Crippen LogP contribution in [0.5, 0.6) is 0 Å². The number of anilines is 1. The first-order valence-corrected chi connectivity index (χ1v) is 9.06.